The molecule has 0 saturated carbocycles. The van der Waals surface area contributed by atoms with Crippen LogP contribution in [0.5, 0.6) is 0 Å². The number of methoxy groups -OCH3 is 1. The average Bonchev–Trinajstić information content (AvgIpc) is 2.74. The van der Waals surface area contributed by atoms with Gasteiger partial charge in [0.05, 0.1) is 23.7 Å². The first-order chi connectivity index (χ1) is 9.01. The molecule has 6 nitrogen and oxygen atoms in total. The van der Waals surface area contributed by atoms with E-state index in [1.807, 2.05) is 0 Å². The third-order valence-electron chi connectivity index (χ3n) is 3.29. The number of rotatable bonds is 5. The molecule has 0 aromatic rings. The van der Waals surface area contributed by atoms with Crippen LogP contribution in [0, 0.1) is 11.8 Å². The highest BCUT2D eigenvalue weighted by atomic mass is 32.2. The predicted molar refractivity (Wildman–Crippen MR) is 62.5 cm³/mol. The van der Waals surface area contributed by atoms with Gasteiger partial charge in [0.1, 0.15) is 0 Å². The highest BCUT2D eigenvalue weighted by Gasteiger charge is 2.55. The van der Waals surface area contributed by atoms with Crippen LogP contribution in [0.2, 0.25) is 0 Å². The average molecular weight is 319 g/mol. The SMILES string of the molecule is COCC(C)S(=O)(=O)N1C[C@@H](C(F)(F)F)[C@H](C(=O)O)C1. The molecule has 1 aliphatic rings. The molecule has 1 aliphatic heterocycles. The summed E-state index contributed by atoms with van der Waals surface area (Å²) in [5.41, 5.74) is 0. The number of ether oxygens (including phenoxy) is 1. The van der Waals surface area contributed by atoms with Crippen molar-refractivity contribution in [3.8, 4) is 0 Å². The summed E-state index contributed by atoms with van der Waals surface area (Å²) in [4.78, 5) is 10.9. The molecule has 1 fully saturated rings. The van der Waals surface area contributed by atoms with Gasteiger partial charge in [0.25, 0.3) is 0 Å². The standard InChI is InChI=1S/C10H16F3NO5S/c1-6(5-19-2)20(17,18)14-3-7(9(15)16)8(4-14)10(11,12)13/h6-8H,3-5H2,1-2H3,(H,15,16)/t6?,7-,8-/m1/s1. The molecule has 0 aromatic carbocycles. The Hall–Kier alpha value is -0.870. The molecule has 0 spiro atoms. The van der Waals surface area contributed by atoms with Gasteiger partial charge in [0.2, 0.25) is 10.0 Å². The van der Waals surface area contributed by atoms with Gasteiger partial charge in [0, 0.05) is 20.2 Å². The molecule has 1 heterocycles. The number of halogens is 3. The summed E-state index contributed by atoms with van der Waals surface area (Å²) in [6.45, 7) is -0.407. The molecule has 0 aromatic heterocycles. The summed E-state index contributed by atoms with van der Waals surface area (Å²) in [6, 6.07) is 0. The number of carbonyl (C=O) groups is 1. The maximum Gasteiger partial charge on any atom is 0.393 e. The molecule has 1 N–H and O–H groups in total. The van der Waals surface area contributed by atoms with Gasteiger partial charge in [-0.15, -0.1) is 0 Å². The molecule has 10 heteroatoms. The maximum atomic E-state index is 12.8. The molecule has 0 radical (unpaired) electrons. The fraction of sp³-hybridized carbons (Fsp3) is 0.900. The molecular weight excluding hydrogens is 303 g/mol. The van der Waals surface area contributed by atoms with E-state index < -0.39 is 52.3 Å². The third-order valence-corrected chi connectivity index (χ3v) is 5.46. The van der Waals surface area contributed by atoms with E-state index in [4.69, 9.17) is 5.11 Å². The number of sulfonamides is 1. The Kier molecular flexibility index (Phi) is 5.03. The number of nitrogens with zero attached hydrogens (tertiary/aromatic N) is 1. The minimum Gasteiger partial charge on any atom is -0.481 e. The topological polar surface area (TPSA) is 83.9 Å². The van der Waals surface area contributed by atoms with E-state index >= 15 is 0 Å². The largest absolute Gasteiger partial charge is 0.481 e. The minimum absolute atomic E-state index is 0.173. The van der Waals surface area contributed by atoms with E-state index in [9.17, 15) is 26.4 Å². The van der Waals surface area contributed by atoms with E-state index in [-0.39, 0.29) is 6.61 Å². The van der Waals surface area contributed by atoms with Gasteiger partial charge in [-0.2, -0.15) is 13.2 Å². The monoisotopic (exact) mass is 319 g/mol. The van der Waals surface area contributed by atoms with Crippen molar-refractivity contribution in [2.75, 3.05) is 26.8 Å². The van der Waals surface area contributed by atoms with Crippen molar-refractivity contribution in [1.82, 2.24) is 4.31 Å². The lowest BCUT2D eigenvalue weighted by Crippen LogP contribution is -2.39. The van der Waals surface area contributed by atoms with Crippen molar-refractivity contribution in [3.05, 3.63) is 0 Å². The Morgan fingerprint density at radius 1 is 1.45 bits per heavy atom. The first kappa shape index (κ1) is 17.2. The van der Waals surface area contributed by atoms with E-state index in [0.29, 0.717) is 4.31 Å². The number of carboxylic acids is 1. The lowest BCUT2D eigenvalue weighted by atomic mass is 9.96. The second kappa shape index (κ2) is 5.86. The Balaban J connectivity index is 2.99. The van der Waals surface area contributed by atoms with Crippen LogP contribution in [0.3, 0.4) is 0 Å². The Morgan fingerprint density at radius 3 is 2.35 bits per heavy atom. The lowest BCUT2D eigenvalue weighted by Gasteiger charge is -2.21. The fourth-order valence-electron chi connectivity index (χ4n) is 2.13. The number of carboxylic acid groups (broad SMARTS) is 1. The van der Waals surface area contributed by atoms with Crippen molar-refractivity contribution < 1.29 is 36.2 Å². The zero-order valence-electron chi connectivity index (χ0n) is 10.9. The van der Waals surface area contributed by atoms with Crippen LogP contribution >= 0.6 is 0 Å². The van der Waals surface area contributed by atoms with E-state index in [0.717, 1.165) is 0 Å². The Labute approximate surface area is 114 Å². The van der Waals surface area contributed by atoms with Gasteiger partial charge in [-0.25, -0.2) is 12.7 Å². The minimum atomic E-state index is -4.75. The summed E-state index contributed by atoms with van der Waals surface area (Å²) in [5.74, 6) is -5.62. The molecule has 1 saturated heterocycles. The van der Waals surface area contributed by atoms with Gasteiger partial charge in [-0.05, 0) is 6.92 Å². The van der Waals surface area contributed by atoms with E-state index in [2.05, 4.69) is 4.74 Å². The molecule has 0 amide bonds. The molecule has 1 unspecified atom stereocenters. The first-order valence-electron chi connectivity index (χ1n) is 5.79. The molecule has 0 bridgehead atoms. The lowest BCUT2D eigenvalue weighted by molar-refractivity contribution is -0.187. The van der Waals surface area contributed by atoms with Crippen LogP contribution in [-0.2, 0) is 19.6 Å². The van der Waals surface area contributed by atoms with Gasteiger partial charge in [-0.1, -0.05) is 0 Å². The number of aliphatic carboxylic acids is 1. The summed E-state index contributed by atoms with van der Waals surface area (Å²) in [7, 11) is -2.74. The summed E-state index contributed by atoms with van der Waals surface area (Å²) >= 11 is 0. The molecule has 20 heavy (non-hydrogen) atoms. The highest BCUT2D eigenvalue weighted by molar-refractivity contribution is 7.89. The predicted octanol–water partition coefficient (Wildman–Crippen LogP) is 0.546. The molecule has 0 aliphatic carbocycles. The van der Waals surface area contributed by atoms with Crippen LogP contribution in [0.1, 0.15) is 6.92 Å². The third kappa shape index (κ3) is 3.41. The second-order valence-corrected chi connectivity index (χ2v) is 7.07. The molecule has 1 rings (SSSR count). The summed E-state index contributed by atoms with van der Waals surface area (Å²) in [6.07, 6.45) is -4.75. The summed E-state index contributed by atoms with van der Waals surface area (Å²) in [5, 5.41) is 7.79. The second-order valence-electron chi connectivity index (χ2n) is 4.72. The van der Waals surface area contributed by atoms with Crippen LogP contribution in [0.25, 0.3) is 0 Å². The van der Waals surface area contributed by atoms with Crippen molar-refractivity contribution in [2.45, 2.75) is 18.3 Å². The van der Waals surface area contributed by atoms with E-state index in [1.54, 1.807) is 0 Å². The number of hydrogen-bond acceptors (Lipinski definition) is 4. The molecule has 118 valence electrons. The van der Waals surface area contributed by atoms with Crippen molar-refractivity contribution in [1.29, 1.82) is 0 Å². The summed E-state index contributed by atoms with van der Waals surface area (Å²) < 4.78 is 67.7. The van der Waals surface area contributed by atoms with Crippen molar-refractivity contribution >= 4 is 16.0 Å². The molecular formula is C10H16F3NO5S. The quantitative estimate of drug-likeness (QED) is 0.800. The van der Waals surface area contributed by atoms with Crippen LogP contribution in [-0.4, -0.2) is 62.0 Å². The smallest absolute Gasteiger partial charge is 0.393 e. The zero-order chi connectivity index (χ0) is 15.7. The van der Waals surface area contributed by atoms with Gasteiger partial charge < -0.3 is 9.84 Å². The maximum absolute atomic E-state index is 12.8. The molecule has 3 atom stereocenters. The van der Waals surface area contributed by atoms with Crippen LogP contribution in [0.4, 0.5) is 13.2 Å². The normalized spacial score (nSPS) is 26.6. The van der Waals surface area contributed by atoms with Crippen LogP contribution in [0.15, 0.2) is 0 Å². The fourth-order valence-corrected chi connectivity index (χ4v) is 3.69. The van der Waals surface area contributed by atoms with Crippen molar-refractivity contribution in [3.63, 3.8) is 0 Å². The Morgan fingerprint density at radius 2 is 2.00 bits per heavy atom. The van der Waals surface area contributed by atoms with Crippen LogP contribution < -0.4 is 0 Å². The van der Waals surface area contributed by atoms with Gasteiger partial charge >= 0.3 is 12.1 Å². The van der Waals surface area contributed by atoms with Crippen molar-refractivity contribution in [2.24, 2.45) is 11.8 Å². The first-order valence-corrected chi connectivity index (χ1v) is 7.29. The highest BCUT2D eigenvalue weighted by Crippen LogP contribution is 2.39. The zero-order valence-corrected chi connectivity index (χ0v) is 11.7. The van der Waals surface area contributed by atoms with E-state index in [1.165, 1.54) is 14.0 Å². The van der Waals surface area contributed by atoms with Gasteiger partial charge in [0.15, 0.2) is 0 Å². The number of alkyl halides is 3. The Bertz CT molecular complexity index is 464. The van der Waals surface area contributed by atoms with Gasteiger partial charge in [-0.3, -0.25) is 4.79 Å². The number of hydrogen-bond donors (Lipinski definition) is 1.